The molecule has 0 atom stereocenters. The smallest absolute Gasteiger partial charge is 0.252 e. The average molecular weight is 253 g/mol. The summed E-state index contributed by atoms with van der Waals surface area (Å²) in [6.07, 6.45) is 7.10. The number of pyridine rings is 1. The first-order valence-corrected chi connectivity index (χ1v) is 4.86. The summed E-state index contributed by atoms with van der Waals surface area (Å²) in [4.78, 5) is 15.3. The zero-order chi connectivity index (χ0) is 10.4. The second-order valence-corrected chi connectivity index (χ2v) is 3.39. The minimum Gasteiger partial charge on any atom is -0.351 e. The molecule has 1 N–H and O–H groups in total. The molecule has 0 aliphatic rings. The molecule has 1 rings (SSSR count). The lowest BCUT2D eigenvalue weighted by molar-refractivity contribution is 0.0954. The first-order chi connectivity index (χ1) is 6.74. The summed E-state index contributed by atoms with van der Waals surface area (Å²) in [6, 6.07) is 3.42. The maximum Gasteiger partial charge on any atom is 0.252 e. The Morgan fingerprint density at radius 2 is 2.43 bits per heavy atom. The molecule has 0 aliphatic heterocycles. The predicted octanol–water partition coefficient (Wildman–Crippen LogP) is 1.60. The van der Waals surface area contributed by atoms with Gasteiger partial charge in [-0.1, -0.05) is 0 Å². The topological polar surface area (TPSA) is 42.0 Å². The number of amides is 1. The molecule has 0 aliphatic carbocycles. The second kappa shape index (κ2) is 5.40. The Labute approximate surface area is 91.1 Å². The van der Waals surface area contributed by atoms with Gasteiger partial charge in [0.1, 0.15) is 4.60 Å². The molecule has 14 heavy (non-hydrogen) atoms. The standard InChI is InChI=1S/C10H9BrN2O/c1-2-3-6-12-10(14)8-4-5-9(11)13-7-8/h1,4-5,7H,3,6H2,(H,12,14). The van der Waals surface area contributed by atoms with Crippen LogP contribution in [0.25, 0.3) is 0 Å². The number of carbonyl (C=O) groups excluding carboxylic acids is 1. The summed E-state index contributed by atoms with van der Waals surface area (Å²) in [6.45, 7) is 0.491. The van der Waals surface area contributed by atoms with E-state index in [1.54, 1.807) is 12.1 Å². The molecule has 0 spiro atoms. The second-order valence-electron chi connectivity index (χ2n) is 2.58. The third-order valence-corrected chi connectivity index (χ3v) is 2.01. The number of hydrogen-bond donors (Lipinski definition) is 1. The highest BCUT2D eigenvalue weighted by atomic mass is 79.9. The SMILES string of the molecule is C#CCCNC(=O)c1ccc(Br)nc1. The molecule has 0 saturated carbocycles. The van der Waals surface area contributed by atoms with Crippen LogP contribution in [0.3, 0.4) is 0 Å². The van der Waals surface area contributed by atoms with Gasteiger partial charge in [-0.05, 0) is 28.1 Å². The number of hydrogen-bond acceptors (Lipinski definition) is 2. The fourth-order valence-electron chi connectivity index (χ4n) is 0.860. The highest BCUT2D eigenvalue weighted by molar-refractivity contribution is 9.10. The van der Waals surface area contributed by atoms with Gasteiger partial charge in [-0.2, -0.15) is 0 Å². The fourth-order valence-corrected chi connectivity index (χ4v) is 1.09. The Morgan fingerprint density at radius 3 is 3.00 bits per heavy atom. The van der Waals surface area contributed by atoms with Crippen molar-refractivity contribution < 1.29 is 4.79 Å². The summed E-state index contributed by atoms with van der Waals surface area (Å²) in [5, 5.41) is 2.68. The van der Waals surface area contributed by atoms with Gasteiger partial charge >= 0.3 is 0 Å². The number of nitrogens with zero attached hydrogens (tertiary/aromatic N) is 1. The zero-order valence-corrected chi connectivity index (χ0v) is 9.04. The highest BCUT2D eigenvalue weighted by Gasteiger charge is 2.03. The van der Waals surface area contributed by atoms with Gasteiger partial charge in [-0.3, -0.25) is 4.79 Å². The Kier molecular flexibility index (Phi) is 4.14. The van der Waals surface area contributed by atoms with E-state index < -0.39 is 0 Å². The molecule has 0 fully saturated rings. The van der Waals surface area contributed by atoms with Crippen LogP contribution >= 0.6 is 15.9 Å². The van der Waals surface area contributed by atoms with Crippen molar-refractivity contribution in [3.05, 3.63) is 28.5 Å². The van der Waals surface area contributed by atoms with Crippen molar-refractivity contribution in [2.45, 2.75) is 6.42 Å². The van der Waals surface area contributed by atoms with Crippen LogP contribution < -0.4 is 5.32 Å². The number of aromatic nitrogens is 1. The van der Waals surface area contributed by atoms with E-state index in [4.69, 9.17) is 6.42 Å². The van der Waals surface area contributed by atoms with Crippen LogP contribution in [0.2, 0.25) is 0 Å². The number of carbonyl (C=O) groups is 1. The van der Waals surface area contributed by atoms with E-state index >= 15 is 0 Å². The van der Waals surface area contributed by atoms with Gasteiger partial charge in [0.15, 0.2) is 0 Å². The molecule has 0 radical (unpaired) electrons. The van der Waals surface area contributed by atoms with Gasteiger partial charge in [-0.15, -0.1) is 12.3 Å². The van der Waals surface area contributed by atoms with Crippen LogP contribution in [-0.4, -0.2) is 17.4 Å². The van der Waals surface area contributed by atoms with Crippen molar-refractivity contribution in [2.75, 3.05) is 6.54 Å². The summed E-state index contributed by atoms with van der Waals surface area (Å²) in [7, 11) is 0. The molecule has 0 unspecified atom stereocenters. The molecule has 0 aromatic carbocycles. The molecule has 3 nitrogen and oxygen atoms in total. The van der Waals surface area contributed by atoms with Crippen molar-refractivity contribution in [3.8, 4) is 12.3 Å². The third kappa shape index (κ3) is 3.19. The van der Waals surface area contributed by atoms with E-state index in [0.29, 0.717) is 23.1 Å². The van der Waals surface area contributed by atoms with Crippen LogP contribution in [-0.2, 0) is 0 Å². The molecule has 1 aromatic heterocycles. The van der Waals surface area contributed by atoms with Crippen molar-refractivity contribution in [3.63, 3.8) is 0 Å². The zero-order valence-electron chi connectivity index (χ0n) is 7.46. The minimum absolute atomic E-state index is 0.153. The van der Waals surface area contributed by atoms with Gasteiger partial charge in [0.05, 0.1) is 5.56 Å². The lowest BCUT2D eigenvalue weighted by atomic mass is 10.2. The van der Waals surface area contributed by atoms with Crippen molar-refractivity contribution >= 4 is 21.8 Å². The molecule has 1 amide bonds. The van der Waals surface area contributed by atoms with Crippen LogP contribution in [0, 0.1) is 12.3 Å². The summed E-state index contributed by atoms with van der Waals surface area (Å²) >= 11 is 3.19. The largest absolute Gasteiger partial charge is 0.351 e. The maximum atomic E-state index is 11.4. The number of halogens is 1. The van der Waals surface area contributed by atoms with E-state index in [-0.39, 0.29) is 5.91 Å². The molecule has 0 saturated heterocycles. The van der Waals surface area contributed by atoms with E-state index in [1.807, 2.05) is 0 Å². The van der Waals surface area contributed by atoms with E-state index in [1.165, 1.54) is 6.20 Å². The fraction of sp³-hybridized carbons (Fsp3) is 0.200. The maximum absolute atomic E-state index is 11.4. The van der Waals surface area contributed by atoms with Gasteiger partial charge in [0.2, 0.25) is 0 Å². The molecule has 4 heteroatoms. The molecule has 72 valence electrons. The van der Waals surface area contributed by atoms with Gasteiger partial charge in [0, 0.05) is 19.2 Å². The lowest BCUT2D eigenvalue weighted by Crippen LogP contribution is -2.24. The van der Waals surface area contributed by atoms with Crippen LogP contribution in [0.15, 0.2) is 22.9 Å². The van der Waals surface area contributed by atoms with Crippen LogP contribution in [0.4, 0.5) is 0 Å². The van der Waals surface area contributed by atoms with Crippen molar-refractivity contribution in [1.29, 1.82) is 0 Å². The molecule has 1 aromatic rings. The van der Waals surface area contributed by atoms with Gasteiger partial charge in [-0.25, -0.2) is 4.98 Å². The van der Waals surface area contributed by atoms with Crippen LogP contribution in [0.1, 0.15) is 16.8 Å². The Morgan fingerprint density at radius 1 is 1.64 bits per heavy atom. The monoisotopic (exact) mass is 252 g/mol. The molecular formula is C10H9BrN2O. The van der Waals surface area contributed by atoms with Crippen molar-refractivity contribution in [2.24, 2.45) is 0 Å². The highest BCUT2D eigenvalue weighted by Crippen LogP contribution is 2.05. The summed E-state index contributed by atoms with van der Waals surface area (Å²) in [5.41, 5.74) is 0.533. The van der Waals surface area contributed by atoms with E-state index in [2.05, 4.69) is 32.2 Å². The summed E-state index contributed by atoms with van der Waals surface area (Å²) < 4.78 is 0.706. The number of rotatable bonds is 3. The molecule has 1 heterocycles. The third-order valence-electron chi connectivity index (χ3n) is 1.54. The van der Waals surface area contributed by atoms with Crippen LogP contribution in [0.5, 0.6) is 0 Å². The Hall–Kier alpha value is -1.34. The molecular weight excluding hydrogens is 244 g/mol. The number of nitrogens with one attached hydrogen (secondary N) is 1. The first-order valence-electron chi connectivity index (χ1n) is 4.07. The lowest BCUT2D eigenvalue weighted by Gasteiger charge is -2.01. The van der Waals surface area contributed by atoms with E-state index in [0.717, 1.165) is 0 Å². The van der Waals surface area contributed by atoms with Gasteiger partial charge in [0.25, 0.3) is 5.91 Å². The van der Waals surface area contributed by atoms with Gasteiger partial charge < -0.3 is 5.32 Å². The van der Waals surface area contributed by atoms with Crippen molar-refractivity contribution in [1.82, 2.24) is 10.3 Å². The Balaban J connectivity index is 2.53. The average Bonchev–Trinajstić information content (AvgIpc) is 2.19. The minimum atomic E-state index is -0.153. The quantitative estimate of drug-likeness (QED) is 0.505. The first kappa shape index (κ1) is 10.7. The van der Waals surface area contributed by atoms with E-state index in [9.17, 15) is 4.79 Å². The molecule has 0 bridgehead atoms. The number of terminal acetylenes is 1. The normalized spacial score (nSPS) is 9.14. The Bertz CT molecular complexity index is 353. The summed E-state index contributed by atoms with van der Waals surface area (Å²) in [5.74, 6) is 2.29. The predicted molar refractivity (Wildman–Crippen MR) is 57.7 cm³/mol.